The lowest BCUT2D eigenvalue weighted by atomic mass is 9.93. The minimum absolute atomic E-state index is 0.734. The molecule has 0 aliphatic heterocycles. The maximum Gasteiger partial charge on any atom is 0.00413 e. The van der Waals surface area contributed by atoms with Crippen LogP contribution in [0.3, 0.4) is 0 Å². The predicted octanol–water partition coefficient (Wildman–Crippen LogP) is 3.74. The molecule has 1 N–H and O–H groups in total. The second kappa shape index (κ2) is 7.28. The standard InChI is InChI=1S/C13H27N/c1-3-10-14-12(2)11-13-8-6-4-5-7-9-13/h12-14H,3-11H2,1-2H3. The van der Waals surface area contributed by atoms with E-state index < -0.39 is 0 Å². The van der Waals surface area contributed by atoms with Crippen LogP contribution in [0.1, 0.15) is 65.2 Å². The van der Waals surface area contributed by atoms with Crippen molar-refractivity contribution >= 4 is 0 Å². The van der Waals surface area contributed by atoms with E-state index in [1.807, 2.05) is 0 Å². The minimum Gasteiger partial charge on any atom is -0.314 e. The highest BCUT2D eigenvalue weighted by molar-refractivity contribution is 4.70. The smallest absolute Gasteiger partial charge is 0.00413 e. The first-order chi connectivity index (χ1) is 6.83. The third-order valence-electron chi connectivity index (χ3n) is 3.40. The second-order valence-corrected chi connectivity index (χ2v) is 4.95. The fraction of sp³-hybridized carbons (Fsp3) is 1.00. The van der Waals surface area contributed by atoms with Gasteiger partial charge in [-0.3, -0.25) is 0 Å². The van der Waals surface area contributed by atoms with Crippen LogP contribution in [0.25, 0.3) is 0 Å². The summed E-state index contributed by atoms with van der Waals surface area (Å²) in [4.78, 5) is 0. The highest BCUT2D eigenvalue weighted by Gasteiger charge is 2.14. The summed E-state index contributed by atoms with van der Waals surface area (Å²) in [6.07, 6.45) is 11.5. The van der Waals surface area contributed by atoms with Gasteiger partial charge in [0.2, 0.25) is 0 Å². The summed E-state index contributed by atoms with van der Waals surface area (Å²) < 4.78 is 0. The van der Waals surface area contributed by atoms with Crippen molar-refractivity contribution in [3.05, 3.63) is 0 Å². The van der Waals surface area contributed by atoms with Gasteiger partial charge in [-0.15, -0.1) is 0 Å². The van der Waals surface area contributed by atoms with E-state index in [0.717, 1.165) is 12.0 Å². The van der Waals surface area contributed by atoms with E-state index in [1.54, 1.807) is 0 Å². The zero-order valence-electron chi connectivity index (χ0n) is 10.0. The Kier molecular flexibility index (Phi) is 6.25. The van der Waals surface area contributed by atoms with Gasteiger partial charge in [0, 0.05) is 6.04 Å². The van der Waals surface area contributed by atoms with Crippen molar-refractivity contribution in [1.29, 1.82) is 0 Å². The van der Waals surface area contributed by atoms with Gasteiger partial charge < -0.3 is 5.32 Å². The number of nitrogens with one attached hydrogen (secondary N) is 1. The van der Waals surface area contributed by atoms with Gasteiger partial charge in [-0.05, 0) is 32.2 Å². The molecule has 1 rings (SSSR count). The molecule has 1 aliphatic rings. The SMILES string of the molecule is CCCNC(C)CC1CCCCCC1. The van der Waals surface area contributed by atoms with Crippen molar-refractivity contribution in [1.82, 2.24) is 5.32 Å². The molecule has 1 atom stereocenters. The number of rotatable bonds is 5. The van der Waals surface area contributed by atoms with Crippen LogP contribution < -0.4 is 5.32 Å². The molecule has 0 aromatic rings. The second-order valence-electron chi connectivity index (χ2n) is 4.95. The van der Waals surface area contributed by atoms with Crippen LogP contribution in [0.5, 0.6) is 0 Å². The van der Waals surface area contributed by atoms with E-state index in [9.17, 15) is 0 Å². The molecule has 0 spiro atoms. The van der Waals surface area contributed by atoms with E-state index >= 15 is 0 Å². The molecule has 1 fully saturated rings. The third-order valence-corrected chi connectivity index (χ3v) is 3.40. The monoisotopic (exact) mass is 197 g/mol. The van der Waals surface area contributed by atoms with Crippen molar-refractivity contribution in [3.8, 4) is 0 Å². The Morgan fingerprint density at radius 2 is 1.79 bits per heavy atom. The molecule has 84 valence electrons. The summed E-state index contributed by atoms with van der Waals surface area (Å²) in [5, 5.41) is 3.60. The van der Waals surface area contributed by atoms with Crippen LogP contribution in [0, 0.1) is 5.92 Å². The summed E-state index contributed by atoms with van der Waals surface area (Å²) in [6, 6.07) is 0.734. The maximum atomic E-state index is 3.60. The fourth-order valence-electron chi connectivity index (χ4n) is 2.57. The van der Waals surface area contributed by atoms with E-state index in [4.69, 9.17) is 0 Å². The van der Waals surface area contributed by atoms with Crippen molar-refractivity contribution in [2.24, 2.45) is 5.92 Å². The van der Waals surface area contributed by atoms with Gasteiger partial charge in [0.1, 0.15) is 0 Å². The van der Waals surface area contributed by atoms with Crippen LogP contribution in [-0.4, -0.2) is 12.6 Å². The summed E-state index contributed by atoms with van der Waals surface area (Å²) in [7, 11) is 0. The molecule has 1 nitrogen and oxygen atoms in total. The summed E-state index contributed by atoms with van der Waals surface area (Å²) in [6.45, 7) is 5.78. The van der Waals surface area contributed by atoms with E-state index in [2.05, 4.69) is 19.2 Å². The van der Waals surface area contributed by atoms with E-state index in [1.165, 1.54) is 57.9 Å². The lowest BCUT2D eigenvalue weighted by Crippen LogP contribution is -2.28. The first-order valence-electron chi connectivity index (χ1n) is 6.56. The van der Waals surface area contributed by atoms with Crippen LogP contribution in [-0.2, 0) is 0 Å². The van der Waals surface area contributed by atoms with Gasteiger partial charge in [0.25, 0.3) is 0 Å². The van der Waals surface area contributed by atoms with Crippen molar-refractivity contribution in [2.45, 2.75) is 71.3 Å². The molecule has 14 heavy (non-hydrogen) atoms. The Balaban J connectivity index is 2.13. The van der Waals surface area contributed by atoms with Gasteiger partial charge in [0.05, 0.1) is 0 Å². The summed E-state index contributed by atoms with van der Waals surface area (Å²) >= 11 is 0. The Morgan fingerprint density at radius 3 is 2.36 bits per heavy atom. The Hall–Kier alpha value is -0.0400. The van der Waals surface area contributed by atoms with E-state index in [-0.39, 0.29) is 0 Å². The molecule has 1 unspecified atom stereocenters. The highest BCUT2D eigenvalue weighted by atomic mass is 14.9. The third kappa shape index (κ3) is 4.99. The highest BCUT2D eigenvalue weighted by Crippen LogP contribution is 2.26. The predicted molar refractivity (Wildman–Crippen MR) is 63.6 cm³/mol. The average molecular weight is 197 g/mol. The van der Waals surface area contributed by atoms with Gasteiger partial charge in [-0.2, -0.15) is 0 Å². The molecule has 1 aliphatic carbocycles. The molecule has 0 radical (unpaired) electrons. The average Bonchev–Trinajstić information content (AvgIpc) is 2.43. The van der Waals surface area contributed by atoms with Crippen LogP contribution in [0.2, 0.25) is 0 Å². The van der Waals surface area contributed by atoms with Gasteiger partial charge in [-0.25, -0.2) is 0 Å². The lowest BCUT2D eigenvalue weighted by molar-refractivity contribution is 0.365. The van der Waals surface area contributed by atoms with Gasteiger partial charge in [0.15, 0.2) is 0 Å². The van der Waals surface area contributed by atoms with Crippen molar-refractivity contribution < 1.29 is 0 Å². The minimum atomic E-state index is 0.734. The van der Waals surface area contributed by atoms with Crippen LogP contribution in [0.15, 0.2) is 0 Å². The fourth-order valence-corrected chi connectivity index (χ4v) is 2.57. The molecular formula is C13H27N. The van der Waals surface area contributed by atoms with E-state index in [0.29, 0.717) is 0 Å². The molecule has 0 aromatic carbocycles. The van der Waals surface area contributed by atoms with Crippen molar-refractivity contribution in [3.63, 3.8) is 0 Å². The molecule has 1 heteroatoms. The first kappa shape index (κ1) is 12.0. The molecular weight excluding hydrogens is 170 g/mol. The van der Waals surface area contributed by atoms with Crippen LogP contribution >= 0.6 is 0 Å². The topological polar surface area (TPSA) is 12.0 Å². The molecule has 0 amide bonds. The zero-order chi connectivity index (χ0) is 10.2. The molecule has 0 aromatic heterocycles. The summed E-state index contributed by atoms with van der Waals surface area (Å²) in [5.74, 6) is 1.01. The number of hydrogen-bond donors (Lipinski definition) is 1. The quantitative estimate of drug-likeness (QED) is 0.662. The molecule has 0 saturated heterocycles. The molecule has 1 saturated carbocycles. The Morgan fingerprint density at radius 1 is 1.14 bits per heavy atom. The summed E-state index contributed by atoms with van der Waals surface area (Å²) in [5.41, 5.74) is 0. The molecule has 0 bridgehead atoms. The van der Waals surface area contributed by atoms with Crippen LogP contribution in [0.4, 0.5) is 0 Å². The normalized spacial score (nSPS) is 21.9. The molecule has 0 heterocycles. The van der Waals surface area contributed by atoms with Gasteiger partial charge >= 0.3 is 0 Å². The van der Waals surface area contributed by atoms with Gasteiger partial charge in [-0.1, -0.05) is 45.4 Å². The van der Waals surface area contributed by atoms with Crippen molar-refractivity contribution in [2.75, 3.05) is 6.54 Å². The maximum absolute atomic E-state index is 3.60. The first-order valence-corrected chi connectivity index (χ1v) is 6.56. The lowest BCUT2D eigenvalue weighted by Gasteiger charge is -2.20. The zero-order valence-corrected chi connectivity index (χ0v) is 10.0. The number of hydrogen-bond acceptors (Lipinski definition) is 1. The Labute approximate surface area is 89.7 Å². The largest absolute Gasteiger partial charge is 0.314 e. The Bertz CT molecular complexity index is 125.